The van der Waals surface area contributed by atoms with Crippen molar-refractivity contribution in [3.05, 3.63) is 58.7 Å². The molecule has 0 aliphatic heterocycles. The summed E-state index contributed by atoms with van der Waals surface area (Å²) in [6.07, 6.45) is 0.865. The summed E-state index contributed by atoms with van der Waals surface area (Å²) in [4.78, 5) is 12.6. The molecule has 0 amide bonds. The molecule has 22 heavy (non-hydrogen) atoms. The number of carbonyl (C=O) groups is 1. The fourth-order valence-corrected chi connectivity index (χ4v) is 3.71. The number of hydrogen-bond donors (Lipinski definition) is 0. The van der Waals surface area contributed by atoms with E-state index in [1.807, 2.05) is 13.0 Å². The summed E-state index contributed by atoms with van der Waals surface area (Å²) in [5.74, 6) is 0.407. The maximum absolute atomic E-state index is 12.6. The first-order valence-electron chi connectivity index (χ1n) is 8.07. The average Bonchev–Trinajstić information content (AvgIpc) is 2.73. The van der Waals surface area contributed by atoms with Gasteiger partial charge in [0.2, 0.25) is 0 Å². The molecule has 1 aliphatic rings. The molecule has 0 N–H and O–H groups in total. The molecule has 0 spiro atoms. The van der Waals surface area contributed by atoms with E-state index in [9.17, 15) is 4.79 Å². The van der Waals surface area contributed by atoms with Crippen molar-refractivity contribution in [2.75, 3.05) is 0 Å². The predicted molar refractivity (Wildman–Crippen MR) is 92.5 cm³/mol. The van der Waals surface area contributed by atoms with Crippen LogP contribution in [0.25, 0.3) is 11.1 Å². The smallest absolute Gasteiger partial charge is 0.166 e. The quantitative estimate of drug-likeness (QED) is 0.694. The van der Waals surface area contributed by atoms with Crippen LogP contribution in [0.15, 0.2) is 36.4 Å². The van der Waals surface area contributed by atoms with Crippen LogP contribution in [-0.4, -0.2) is 5.78 Å². The number of benzene rings is 2. The third kappa shape index (κ3) is 2.29. The van der Waals surface area contributed by atoms with Gasteiger partial charge in [0.25, 0.3) is 0 Å². The Morgan fingerprint density at radius 2 is 1.73 bits per heavy atom. The lowest BCUT2D eigenvalue weighted by Crippen LogP contribution is -2.15. The first-order valence-corrected chi connectivity index (χ1v) is 8.07. The van der Waals surface area contributed by atoms with Crippen LogP contribution in [0.4, 0.5) is 0 Å². The van der Waals surface area contributed by atoms with Crippen molar-refractivity contribution in [3.8, 4) is 11.1 Å². The molecule has 0 saturated carbocycles. The van der Waals surface area contributed by atoms with Gasteiger partial charge in [-0.15, -0.1) is 0 Å². The summed E-state index contributed by atoms with van der Waals surface area (Å²) in [6.45, 7) is 10.9. The molecule has 0 heterocycles. The van der Waals surface area contributed by atoms with Crippen LogP contribution in [0.3, 0.4) is 0 Å². The zero-order valence-electron chi connectivity index (χ0n) is 14.2. The Morgan fingerprint density at radius 3 is 2.32 bits per heavy atom. The Balaban J connectivity index is 2.36. The Morgan fingerprint density at radius 1 is 1.09 bits per heavy atom. The Bertz CT molecular complexity index is 733. The van der Waals surface area contributed by atoms with Gasteiger partial charge in [-0.05, 0) is 52.6 Å². The highest BCUT2D eigenvalue weighted by atomic mass is 16.1. The number of Topliss-reactive ketones (excluding diaryl/α,β-unsaturated/α-hetero) is 1. The second-order valence-electron chi connectivity index (χ2n) is 7.54. The first kappa shape index (κ1) is 15.0. The summed E-state index contributed by atoms with van der Waals surface area (Å²) in [5, 5.41) is 0. The van der Waals surface area contributed by atoms with Crippen LogP contribution >= 0.6 is 0 Å². The van der Waals surface area contributed by atoms with Crippen molar-refractivity contribution in [1.82, 2.24) is 0 Å². The van der Waals surface area contributed by atoms with Crippen molar-refractivity contribution in [2.45, 2.75) is 46.5 Å². The van der Waals surface area contributed by atoms with E-state index in [1.54, 1.807) is 0 Å². The average molecular weight is 292 g/mol. The molecule has 1 heteroatoms. The van der Waals surface area contributed by atoms with Gasteiger partial charge in [0, 0.05) is 11.5 Å². The van der Waals surface area contributed by atoms with E-state index in [2.05, 4.69) is 58.0 Å². The van der Waals surface area contributed by atoms with Gasteiger partial charge in [-0.2, -0.15) is 0 Å². The molecule has 1 aliphatic carbocycles. The van der Waals surface area contributed by atoms with Crippen LogP contribution in [0, 0.1) is 12.8 Å². The van der Waals surface area contributed by atoms with Crippen LogP contribution in [0.1, 0.15) is 54.7 Å². The highest BCUT2D eigenvalue weighted by molar-refractivity contribution is 6.04. The first-order chi connectivity index (χ1) is 10.3. The monoisotopic (exact) mass is 292 g/mol. The van der Waals surface area contributed by atoms with E-state index >= 15 is 0 Å². The second kappa shape index (κ2) is 5.08. The largest absolute Gasteiger partial charge is 0.294 e. The van der Waals surface area contributed by atoms with Crippen LogP contribution in [0.5, 0.6) is 0 Å². The van der Waals surface area contributed by atoms with E-state index in [0.29, 0.717) is 5.78 Å². The summed E-state index contributed by atoms with van der Waals surface area (Å²) in [5.41, 5.74) is 7.34. The summed E-state index contributed by atoms with van der Waals surface area (Å²) in [6, 6.07) is 12.7. The van der Waals surface area contributed by atoms with Crippen LogP contribution in [-0.2, 0) is 11.8 Å². The van der Waals surface area contributed by atoms with Gasteiger partial charge in [0.15, 0.2) is 5.78 Å². The fourth-order valence-electron chi connectivity index (χ4n) is 3.71. The molecule has 2 aromatic carbocycles. The van der Waals surface area contributed by atoms with Gasteiger partial charge in [-0.1, -0.05) is 58.0 Å². The molecular weight excluding hydrogens is 268 g/mol. The molecule has 1 atom stereocenters. The molecule has 1 nitrogen and oxygen atoms in total. The number of fused-ring (bicyclic) bond motifs is 1. The summed E-state index contributed by atoms with van der Waals surface area (Å²) < 4.78 is 0. The highest BCUT2D eigenvalue weighted by Crippen LogP contribution is 2.41. The van der Waals surface area contributed by atoms with E-state index in [4.69, 9.17) is 0 Å². The Labute approximate surface area is 133 Å². The lowest BCUT2D eigenvalue weighted by atomic mass is 9.78. The molecule has 1 unspecified atom stereocenters. The Kier molecular flexibility index (Phi) is 3.47. The number of rotatable bonds is 1. The van der Waals surface area contributed by atoms with Crippen LogP contribution < -0.4 is 0 Å². The zero-order valence-corrected chi connectivity index (χ0v) is 14.2. The number of ketones is 1. The molecule has 0 saturated heterocycles. The van der Waals surface area contributed by atoms with E-state index in [1.165, 1.54) is 27.8 Å². The van der Waals surface area contributed by atoms with Gasteiger partial charge in [-0.3, -0.25) is 4.79 Å². The maximum atomic E-state index is 12.6. The second-order valence-corrected chi connectivity index (χ2v) is 7.54. The Hall–Kier alpha value is -1.89. The standard InChI is InChI=1S/C21H24O/c1-13-11-16-17(20(13)22)12-18(21(3,4)5)14(2)19(16)15-9-7-6-8-10-15/h6-10,12-13H,11H2,1-5H3. The highest BCUT2D eigenvalue weighted by Gasteiger charge is 2.33. The van der Waals surface area contributed by atoms with Crippen molar-refractivity contribution in [1.29, 1.82) is 0 Å². The minimum Gasteiger partial charge on any atom is -0.294 e. The maximum Gasteiger partial charge on any atom is 0.166 e. The minimum absolute atomic E-state index is 0.0365. The zero-order chi connectivity index (χ0) is 16.1. The predicted octanol–water partition coefficient (Wildman–Crippen LogP) is 5.33. The van der Waals surface area contributed by atoms with Gasteiger partial charge in [0.1, 0.15) is 0 Å². The fraction of sp³-hybridized carbons (Fsp3) is 0.381. The van der Waals surface area contributed by atoms with E-state index in [0.717, 1.165) is 12.0 Å². The molecule has 0 bridgehead atoms. The number of hydrogen-bond acceptors (Lipinski definition) is 1. The number of carbonyl (C=O) groups excluding carboxylic acids is 1. The molecular formula is C21H24O. The van der Waals surface area contributed by atoms with Gasteiger partial charge < -0.3 is 0 Å². The van der Waals surface area contributed by atoms with E-state index in [-0.39, 0.29) is 11.3 Å². The molecule has 114 valence electrons. The topological polar surface area (TPSA) is 17.1 Å². The summed E-state index contributed by atoms with van der Waals surface area (Å²) >= 11 is 0. The van der Waals surface area contributed by atoms with Crippen molar-refractivity contribution < 1.29 is 4.79 Å². The van der Waals surface area contributed by atoms with Crippen molar-refractivity contribution in [2.24, 2.45) is 5.92 Å². The lowest BCUT2D eigenvalue weighted by Gasteiger charge is -2.26. The third-order valence-corrected chi connectivity index (χ3v) is 4.79. The van der Waals surface area contributed by atoms with Gasteiger partial charge >= 0.3 is 0 Å². The molecule has 2 aromatic rings. The molecule has 0 radical (unpaired) electrons. The lowest BCUT2D eigenvalue weighted by molar-refractivity contribution is 0.0946. The summed E-state index contributed by atoms with van der Waals surface area (Å²) in [7, 11) is 0. The minimum atomic E-state index is 0.0365. The normalized spacial score (nSPS) is 17.7. The van der Waals surface area contributed by atoms with E-state index < -0.39 is 0 Å². The molecule has 3 rings (SSSR count). The third-order valence-electron chi connectivity index (χ3n) is 4.79. The van der Waals surface area contributed by atoms with Gasteiger partial charge in [0.05, 0.1) is 0 Å². The van der Waals surface area contributed by atoms with Crippen LogP contribution in [0.2, 0.25) is 0 Å². The molecule has 0 aromatic heterocycles. The van der Waals surface area contributed by atoms with Gasteiger partial charge in [-0.25, -0.2) is 0 Å². The molecule has 0 fully saturated rings. The SMILES string of the molecule is Cc1c(C(C)(C)C)cc2c(c1-c1ccccc1)CC(C)C2=O. The van der Waals surface area contributed by atoms with Crippen molar-refractivity contribution in [3.63, 3.8) is 0 Å². The van der Waals surface area contributed by atoms with Crippen molar-refractivity contribution >= 4 is 5.78 Å².